The molecule has 0 unspecified atom stereocenters. The van der Waals surface area contributed by atoms with Crippen LogP contribution in [0.2, 0.25) is 5.02 Å². The van der Waals surface area contributed by atoms with Gasteiger partial charge in [0, 0.05) is 11.6 Å². The normalized spacial score (nSPS) is 10.0. The zero-order chi connectivity index (χ0) is 8.10. The Kier molecular flexibility index (Phi) is 3.40. The monoisotopic (exact) mass is 170 g/mol. The van der Waals surface area contributed by atoms with Gasteiger partial charge in [-0.15, -0.1) is 0 Å². The van der Waals surface area contributed by atoms with E-state index in [2.05, 4.69) is 0 Å². The molecule has 0 spiro atoms. The molecule has 11 heavy (non-hydrogen) atoms. The van der Waals surface area contributed by atoms with Crippen molar-refractivity contribution < 1.29 is 4.74 Å². The third-order valence-corrected chi connectivity index (χ3v) is 1.64. The lowest BCUT2D eigenvalue weighted by molar-refractivity contribution is 0.134. The van der Waals surface area contributed by atoms with Crippen molar-refractivity contribution in [1.29, 1.82) is 0 Å². The molecule has 0 N–H and O–H groups in total. The summed E-state index contributed by atoms with van der Waals surface area (Å²) in [6.45, 7) is 3.41. The highest BCUT2D eigenvalue weighted by atomic mass is 35.5. The van der Waals surface area contributed by atoms with E-state index in [1.165, 1.54) is 0 Å². The molecule has 1 rings (SSSR count). The van der Waals surface area contributed by atoms with Gasteiger partial charge in [0.15, 0.2) is 0 Å². The number of halogens is 1. The Hall–Kier alpha value is -0.530. The zero-order valence-electron chi connectivity index (χ0n) is 6.51. The van der Waals surface area contributed by atoms with E-state index in [1.54, 1.807) is 0 Å². The quantitative estimate of drug-likeness (QED) is 0.678. The standard InChI is InChI=1S/C9H11ClO/c1-2-11-7-8-3-5-9(10)6-4-8/h3-6H,2,7H2,1H3. The van der Waals surface area contributed by atoms with Crippen LogP contribution < -0.4 is 0 Å². The molecule has 60 valence electrons. The van der Waals surface area contributed by atoms with E-state index in [-0.39, 0.29) is 0 Å². The Morgan fingerprint density at radius 2 is 1.91 bits per heavy atom. The van der Waals surface area contributed by atoms with Gasteiger partial charge >= 0.3 is 0 Å². The number of hydrogen-bond acceptors (Lipinski definition) is 1. The largest absolute Gasteiger partial charge is 0.377 e. The van der Waals surface area contributed by atoms with Crippen LogP contribution in [0.5, 0.6) is 0 Å². The van der Waals surface area contributed by atoms with Crippen molar-refractivity contribution in [1.82, 2.24) is 0 Å². The molecule has 1 aromatic carbocycles. The highest BCUT2D eigenvalue weighted by molar-refractivity contribution is 6.30. The first-order chi connectivity index (χ1) is 5.33. The van der Waals surface area contributed by atoms with Crippen LogP contribution in [-0.2, 0) is 11.3 Å². The molecule has 0 atom stereocenters. The molecule has 0 radical (unpaired) electrons. The van der Waals surface area contributed by atoms with Crippen molar-refractivity contribution in [2.75, 3.05) is 6.61 Å². The Labute approximate surface area is 71.9 Å². The van der Waals surface area contributed by atoms with Gasteiger partial charge in [0.25, 0.3) is 0 Å². The minimum atomic E-state index is 0.674. The molecule has 1 aromatic rings. The van der Waals surface area contributed by atoms with Crippen LogP contribution >= 0.6 is 11.6 Å². The average molecular weight is 171 g/mol. The summed E-state index contributed by atoms with van der Waals surface area (Å²) in [5.41, 5.74) is 1.16. The van der Waals surface area contributed by atoms with Crippen molar-refractivity contribution in [3.63, 3.8) is 0 Å². The summed E-state index contributed by atoms with van der Waals surface area (Å²) in [6.07, 6.45) is 0. The van der Waals surface area contributed by atoms with Crippen LogP contribution in [-0.4, -0.2) is 6.61 Å². The van der Waals surface area contributed by atoms with E-state index in [4.69, 9.17) is 16.3 Å². The van der Waals surface area contributed by atoms with Gasteiger partial charge in [0.1, 0.15) is 0 Å². The predicted molar refractivity (Wildman–Crippen MR) is 46.8 cm³/mol. The first kappa shape index (κ1) is 8.57. The van der Waals surface area contributed by atoms with Gasteiger partial charge in [-0.1, -0.05) is 23.7 Å². The maximum Gasteiger partial charge on any atom is 0.0716 e. The average Bonchev–Trinajstić information content (AvgIpc) is 2.04. The zero-order valence-corrected chi connectivity index (χ0v) is 7.27. The molecule has 0 aliphatic carbocycles. The molecular weight excluding hydrogens is 160 g/mol. The fourth-order valence-corrected chi connectivity index (χ4v) is 0.927. The van der Waals surface area contributed by atoms with Crippen LogP contribution in [0, 0.1) is 0 Å². The molecule has 0 aromatic heterocycles. The van der Waals surface area contributed by atoms with E-state index in [9.17, 15) is 0 Å². The molecule has 0 saturated carbocycles. The summed E-state index contributed by atoms with van der Waals surface area (Å²) in [6, 6.07) is 7.68. The van der Waals surface area contributed by atoms with Crippen molar-refractivity contribution in [2.45, 2.75) is 13.5 Å². The summed E-state index contributed by atoms with van der Waals surface area (Å²) in [5, 5.41) is 0.769. The lowest BCUT2D eigenvalue weighted by atomic mass is 10.2. The lowest BCUT2D eigenvalue weighted by Gasteiger charge is -2.00. The molecule has 0 bridgehead atoms. The molecule has 0 aliphatic heterocycles. The van der Waals surface area contributed by atoms with E-state index < -0.39 is 0 Å². The van der Waals surface area contributed by atoms with Crippen LogP contribution in [0.3, 0.4) is 0 Å². The fraction of sp³-hybridized carbons (Fsp3) is 0.333. The highest BCUT2D eigenvalue weighted by Gasteiger charge is 1.90. The Balaban J connectivity index is 2.52. The summed E-state index contributed by atoms with van der Waals surface area (Å²) >= 11 is 5.70. The van der Waals surface area contributed by atoms with E-state index in [0.717, 1.165) is 17.2 Å². The van der Waals surface area contributed by atoms with Crippen LogP contribution in [0.15, 0.2) is 24.3 Å². The van der Waals surface area contributed by atoms with Crippen molar-refractivity contribution in [2.24, 2.45) is 0 Å². The number of benzene rings is 1. The SMILES string of the molecule is CCOCc1ccc(Cl)cc1. The van der Waals surface area contributed by atoms with E-state index in [0.29, 0.717) is 6.61 Å². The Bertz CT molecular complexity index is 205. The van der Waals surface area contributed by atoms with Gasteiger partial charge in [-0.05, 0) is 24.6 Å². The second-order valence-electron chi connectivity index (χ2n) is 2.26. The molecule has 0 aliphatic rings. The fourth-order valence-electron chi connectivity index (χ4n) is 0.801. The maximum absolute atomic E-state index is 5.70. The van der Waals surface area contributed by atoms with Crippen LogP contribution in [0.4, 0.5) is 0 Å². The predicted octanol–water partition coefficient (Wildman–Crippen LogP) is 2.88. The highest BCUT2D eigenvalue weighted by Crippen LogP contribution is 2.09. The molecule has 1 nitrogen and oxygen atoms in total. The molecule has 0 amide bonds. The molecular formula is C9H11ClO. The number of ether oxygens (including phenoxy) is 1. The second-order valence-corrected chi connectivity index (χ2v) is 2.70. The van der Waals surface area contributed by atoms with E-state index >= 15 is 0 Å². The van der Waals surface area contributed by atoms with Gasteiger partial charge in [-0.25, -0.2) is 0 Å². The summed E-state index contributed by atoms with van der Waals surface area (Å²) < 4.78 is 5.22. The minimum Gasteiger partial charge on any atom is -0.377 e. The smallest absolute Gasteiger partial charge is 0.0716 e. The number of hydrogen-bond donors (Lipinski definition) is 0. The second kappa shape index (κ2) is 4.37. The maximum atomic E-state index is 5.70. The van der Waals surface area contributed by atoms with Crippen molar-refractivity contribution >= 4 is 11.6 Å². The number of rotatable bonds is 3. The first-order valence-corrected chi connectivity index (χ1v) is 4.03. The topological polar surface area (TPSA) is 9.23 Å². The Morgan fingerprint density at radius 3 is 2.45 bits per heavy atom. The third kappa shape index (κ3) is 2.91. The van der Waals surface area contributed by atoms with Gasteiger partial charge in [-0.3, -0.25) is 0 Å². The molecule has 0 saturated heterocycles. The third-order valence-electron chi connectivity index (χ3n) is 1.39. The van der Waals surface area contributed by atoms with Crippen LogP contribution in [0.1, 0.15) is 12.5 Å². The van der Waals surface area contributed by atoms with Gasteiger partial charge in [-0.2, -0.15) is 0 Å². The summed E-state index contributed by atoms with van der Waals surface area (Å²) in [7, 11) is 0. The first-order valence-electron chi connectivity index (χ1n) is 3.65. The molecule has 0 heterocycles. The Morgan fingerprint density at radius 1 is 1.27 bits per heavy atom. The van der Waals surface area contributed by atoms with Crippen molar-refractivity contribution in [3.8, 4) is 0 Å². The van der Waals surface area contributed by atoms with Gasteiger partial charge in [0.05, 0.1) is 6.61 Å². The molecule has 2 heteroatoms. The summed E-state index contributed by atoms with van der Waals surface area (Å²) in [5.74, 6) is 0. The minimum absolute atomic E-state index is 0.674. The van der Waals surface area contributed by atoms with E-state index in [1.807, 2.05) is 31.2 Å². The lowest BCUT2D eigenvalue weighted by Crippen LogP contribution is -1.90. The summed E-state index contributed by atoms with van der Waals surface area (Å²) in [4.78, 5) is 0. The van der Waals surface area contributed by atoms with Crippen LogP contribution in [0.25, 0.3) is 0 Å². The van der Waals surface area contributed by atoms with Gasteiger partial charge < -0.3 is 4.74 Å². The van der Waals surface area contributed by atoms with Gasteiger partial charge in [0.2, 0.25) is 0 Å². The molecule has 0 fully saturated rings. The van der Waals surface area contributed by atoms with Crippen molar-refractivity contribution in [3.05, 3.63) is 34.9 Å².